The number of allylic oxidation sites excluding steroid dienone is 2. The van der Waals surface area contributed by atoms with Crippen LogP contribution in [0.25, 0.3) is 0 Å². The summed E-state index contributed by atoms with van der Waals surface area (Å²) in [6.45, 7) is 2.00. The Bertz CT molecular complexity index is 908. The van der Waals surface area contributed by atoms with Crippen molar-refractivity contribution in [3.8, 4) is 11.8 Å². The normalized spacial score (nSPS) is 16.1. The zero-order valence-electron chi connectivity index (χ0n) is 15.1. The first-order chi connectivity index (χ1) is 13.0. The van der Waals surface area contributed by atoms with Crippen molar-refractivity contribution in [1.82, 2.24) is 0 Å². The summed E-state index contributed by atoms with van der Waals surface area (Å²) >= 11 is 0. The third-order valence-corrected chi connectivity index (χ3v) is 4.92. The maximum Gasteiger partial charge on any atom is 0.194 e. The van der Waals surface area contributed by atoms with E-state index in [0.717, 1.165) is 55.4 Å². The van der Waals surface area contributed by atoms with Gasteiger partial charge in [0.25, 0.3) is 0 Å². The summed E-state index contributed by atoms with van der Waals surface area (Å²) in [6, 6.07) is 4.84. The van der Waals surface area contributed by atoms with Crippen LogP contribution in [0.1, 0.15) is 48.4 Å². The van der Waals surface area contributed by atoms with Gasteiger partial charge in [0.1, 0.15) is 5.82 Å². The highest BCUT2D eigenvalue weighted by molar-refractivity contribution is 5.47. The maximum atomic E-state index is 14.4. The Morgan fingerprint density at radius 1 is 0.963 bits per heavy atom. The average molecular weight is 372 g/mol. The molecule has 0 N–H and O–H groups in total. The van der Waals surface area contributed by atoms with Crippen LogP contribution in [-0.2, 0) is 12.8 Å². The molecule has 1 atom stereocenters. The van der Waals surface area contributed by atoms with Gasteiger partial charge in [-0.05, 0) is 80.3 Å². The first kappa shape index (κ1) is 19.2. The van der Waals surface area contributed by atoms with Gasteiger partial charge in [0, 0.05) is 5.56 Å². The fraction of sp³-hybridized carbons (Fsp3) is 0.304. The second-order valence-electron chi connectivity index (χ2n) is 6.86. The van der Waals surface area contributed by atoms with Crippen molar-refractivity contribution in [3.05, 3.63) is 81.9 Å². The molecule has 0 aromatic heterocycles. The third-order valence-electron chi connectivity index (χ3n) is 4.92. The third kappa shape index (κ3) is 4.60. The molecule has 0 saturated carbocycles. The fourth-order valence-corrected chi connectivity index (χ4v) is 3.46. The lowest BCUT2D eigenvalue weighted by Crippen LogP contribution is -2.15. The number of hydrogen-bond donors (Lipinski definition) is 0. The molecule has 0 saturated heterocycles. The number of halogens is 4. The second kappa shape index (κ2) is 8.43. The molecular formula is C23H20F4. The van der Waals surface area contributed by atoms with Crippen LogP contribution in [0.4, 0.5) is 17.6 Å². The van der Waals surface area contributed by atoms with Gasteiger partial charge in [-0.15, -0.1) is 0 Å². The van der Waals surface area contributed by atoms with E-state index in [1.54, 1.807) is 6.07 Å². The highest BCUT2D eigenvalue weighted by Crippen LogP contribution is 2.30. The molecular weight excluding hydrogens is 352 g/mol. The van der Waals surface area contributed by atoms with Crippen molar-refractivity contribution in [1.29, 1.82) is 0 Å². The van der Waals surface area contributed by atoms with Crippen LogP contribution >= 0.6 is 0 Å². The lowest BCUT2D eigenvalue weighted by Gasteiger charge is -2.24. The largest absolute Gasteiger partial charge is 0.206 e. The molecule has 0 nitrogen and oxygen atoms in total. The zero-order valence-corrected chi connectivity index (χ0v) is 15.1. The van der Waals surface area contributed by atoms with Crippen LogP contribution in [0, 0.1) is 41.0 Å². The van der Waals surface area contributed by atoms with E-state index >= 15 is 0 Å². The van der Waals surface area contributed by atoms with Crippen molar-refractivity contribution in [2.24, 2.45) is 5.92 Å². The molecule has 2 aromatic carbocycles. The number of rotatable bonds is 3. The van der Waals surface area contributed by atoms with Gasteiger partial charge in [-0.2, -0.15) is 0 Å². The monoisotopic (exact) mass is 372 g/mol. The van der Waals surface area contributed by atoms with Crippen LogP contribution in [0.5, 0.6) is 0 Å². The minimum absolute atomic E-state index is 0.0347. The van der Waals surface area contributed by atoms with Crippen molar-refractivity contribution in [2.75, 3.05) is 0 Å². The summed E-state index contributed by atoms with van der Waals surface area (Å²) < 4.78 is 53.9. The Labute approximate surface area is 156 Å². The first-order valence-corrected chi connectivity index (χ1v) is 9.07. The van der Waals surface area contributed by atoms with Crippen molar-refractivity contribution < 1.29 is 17.6 Å². The Balaban J connectivity index is 1.80. The molecule has 0 heterocycles. The number of benzene rings is 2. The van der Waals surface area contributed by atoms with Crippen LogP contribution < -0.4 is 0 Å². The summed E-state index contributed by atoms with van der Waals surface area (Å²) in [5.74, 6) is 1.08. The predicted molar refractivity (Wildman–Crippen MR) is 98.3 cm³/mol. The Morgan fingerprint density at radius 3 is 2.41 bits per heavy atom. The smallest absolute Gasteiger partial charge is 0.194 e. The first-order valence-electron chi connectivity index (χ1n) is 9.07. The molecule has 27 heavy (non-hydrogen) atoms. The van der Waals surface area contributed by atoms with E-state index in [2.05, 4.69) is 17.9 Å². The average Bonchev–Trinajstić information content (AvgIpc) is 2.64. The van der Waals surface area contributed by atoms with E-state index in [9.17, 15) is 17.6 Å². The summed E-state index contributed by atoms with van der Waals surface area (Å²) in [7, 11) is 0. The fourth-order valence-electron chi connectivity index (χ4n) is 3.46. The van der Waals surface area contributed by atoms with Crippen LogP contribution in [0.3, 0.4) is 0 Å². The van der Waals surface area contributed by atoms with Crippen molar-refractivity contribution >= 4 is 0 Å². The van der Waals surface area contributed by atoms with Gasteiger partial charge >= 0.3 is 0 Å². The van der Waals surface area contributed by atoms with Gasteiger partial charge < -0.3 is 0 Å². The molecule has 0 aliphatic heterocycles. The second-order valence-corrected chi connectivity index (χ2v) is 6.86. The SMILES string of the molecule is C/C=C/CCC1CCc2cc(C#Cc3cc(F)c(F)c(F)c3)c(F)cc2C1. The van der Waals surface area contributed by atoms with Crippen molar-refractivity contribution in [2.45, 2.75) is 39.0 Å². The van der Waals surface area contributed by atoms with Gasteiger partial charge in [0.2, 0.25) is 0 Å². The molecule has 2 aromatic rings. The Hall–Kier alpha value is -2.54. The summed E-state index contributed by atoms with van der Waals surface area (Å²) in [6.07, 6.45) is 9.09. The standard InChI is InChI=1S/C23H20F4/c1-2-3-4-5-15-6-8-17-13-18(20(24)14-19(17)10-15)9-7-16-11-21(25)23(27)22(26)12-16/h2-3,11-15H,4-6,8,10H2,1H3/b3-2+. The highest BCUT2D eigenvalue weighted by Gasteiger charge is 2.20. The van der Waals surface area contributed by atoms with Crippen LogP contribution in [0.2, 0.25) is 0 Å². The predicted octanol–water partition coefficient (Wildman–Crippen LogP) is 6.10. The zero-order chi connectivity index (χ0) is 19.4. The van der Waals surface area contributed by atoms with E-state index in [0.29, 0.717) is 5.92 Å². The van der Waals surface area contributed by atoms with E-state index in [4.69, 9.17) is 0 Å². The topological polar surface area (TPSA) is 0 Å². The Kier molecular flexibility index (Phi) is 6.01. The molecule has 1 unspecified atom stereocenters. The summed E-state index contributed by atoms with van der Waals surface area (Å²) in [5, 5.41) is 0. The Morgan fingerprint density at radius 2 is 1.70 bits per heavy atom. The molecule has 0 bridgehead atoms. The minimum Gasteiger partial charge on any atom is -0.206 e. The van der Waals surface area contributed by atoms with Gasteiger partial charge in [0.05, 0.1) is 5.56 Å². The lowest BCUT2D eigenvalue weighted by atomic mass is 9.81. The van der Waals surface area contributed by atoms with Crippen molar-refractivity contribution in [3.63, 3.8) is 0 Å². The summed E-state index contributed by atoms with van der Waals surface area (Å²) in [4.78, 5) is 0. The van der Waals surface area contributed by atoms with E-state index in [1.165, 1.54) is 6.07 Å². The van der Waals surface area contributed by atoms with E-state index in [1.807, 2.05) is 13.0 Å². The minimum atomic E-state index is -1.54. The molecule has 1 aliphatic carbocycles. The highest BCUT2D eigenvalue weighted by atomic mass is 19.2. The number of fused-ring (bicyclic) bond motifs is 1. The molecule has 0 spiro atoms. The van der Waals surface area contributed by atoms with E-state index < -0.39 is 23.3 Å². The molecule has 0 amide bonds. The quantitative estimate of drug-likeness (QED) is 0.264. The lowest BCUT2D eigenvalue weighted by molar-refractivity contribution is 0.428. The van der Waals surface area contributed by atoms with Gasteiger partial charge in [-0.1, -0.05) is 24.0 Å². The van der Waals surface area contributed by atoms with E-state index in [-0.39, 0.29) is 11.1 Å². The number of aryl methyl sites for hydroxylation is 1. The molecule has 140 valence electrons. The molecule has 3 rings (SSSR count). The summed E-state index contributed by atoms with van der Waals surface area (Å²) in [5.41, 5.74) is 2.23. The van der Waals surface area contributed by atoms with Gasteiger partial charge in [-0.25, -0.2) is 17.6 Å². The van der Waals surface area contributed by atoms with Gasteiger partial charge in [-0.3, -0.25) is 0 Å². The number of hydrogen-bond acceptors (Lipinski definition) is 0. The molecule has 0 radical (unpaired) electrons. The van der Waals surface area contributed by atoms with Gasteiger partial charge in [0.15, 0.2) is 17.5 Å². The van der Waals surface area contributed by atoms with Crippen LogP contribution in [0.15, 0.2) is 36.4 Å². The maximum absolute atomic E-state index is 14.4. The molecule has 4 heteroatoms. The van der Waals surface area contributed by atoms with Crippen LogP contribution in [-0.4, -0.2) is 0 Å². The molecule has 0 fully saturated rings. The molecule has 1 aliphatic rings.